The van der Waals surface area contributed by atoms with Gasteiger partial charge < -0.3 is 4.74 Å². The largest absolute Gasteiger partial charge is 0.492 e. The fourth-order valence-electron chi connectivity index (χ4n) is 1.02. The van der Waals surface area contributed by atoms with Crippen molar-refractivity contribution in [3.8, 4) is 5.75 Å². The van der Waals surface area contributed by atoms with E-state index in [1.807, 2.05) is 0 Å². The highest BCUT2D eigenvalue weighted by molar-refractivity contribution is 9.10. The Morgan fingerprint density at radius 3 is 2.65 bits per heavy atom. The average Bonchev–Trinajstić information content (AvgIpc) is 2.24. The first-order chi connectivity index (χ1) is 7.92. The van der Waals surface area contributed by atoms with Crippen LogP contribution in [-0.4, -0.2) is 24.2 Å². The van der Waals surface area contributed by atoms with Gasteiger partial charge in [0.1, 0.15) is 12.0 Å². The van der Waals surface area contributed by atoms with E-state index in [9.17, 15) is 18.0 Å². The topological polar surface area (TPSA) is 26.3 Å². The van der Waals surface area contributed by atoms with Gasteiger partial charge in [0.2, 0.25) is 0 Å². The minimum atomic E-state index is -4.23. The summed E-state index contributed by atoms with van der Waals surface area (Å²) in [5, 5.41) is 0. The second-order valence-corrected chi connectivity index (χ2v) is 4.96. The quantitative estimate of drug-likeness (QED) is 0.605. The van der Waals surface area contributed by atoms with Crippen molar-refractivity contribution in [2.75, 3.05) is 12.4 Å². The van der Waals surface area contributed by atoms with Crippen molar-refractivity contribution in [1.82, 2.24) is 0 Å². The third-order valence-corrected chi connectivity index (χ3v) is 3.02. The van der Waals surface area contributed by atoms with Gasteiger partial charge in [-0.3, -0.25) is 4.79 Å². The molecule has 0 saturated heterocycles. The SMILES string of the molecule is O=Cc1ccc(OCCSC(F)(F)F)c(Br)c1. The number of carbonyl (C=O) groups excluding carboxylic acids is 1. The van der Waals surface area contributed by atoms with Crippen LogP contribution in [0.3, 0.4) is 0 Å². The molecule has 0 heterocycles. The molecule has 0 aliphatic carbocycles. The normalized spacial score (nSPS) is 11.3. The summed E-state index contributed by atoms with van der Waals surface area (Å²) in [6, 6.07) is 4.61. The van der Waals surface area contributed by atoms with Crippen LogP contribution in [0.2, 0.25) is 0 Å². The molecule has 0 aliphatic rings. The van der Waals surface area contributed by atoms with E-state index >= 15 is 0 Å². The maximum atomic E-state index is 11.8. The smallest absolute Gasteiger partial charge is 0.441 e. The molecule has 0 aliphatic heterocycles. The minimum absolute atomic E-state index is 0.0524. The Morgan fingerprint density at radius 2 is 2.12 bits per heavy atom. The van der Waals surface area contributed by atoms with Gasteiger partial charge in [-0.05, 0) is 45.9 Å². The highest BCUT2D eigenvalue weighted by atomic mass is 79.9. The molecule has 0 atom stereocenters. The molecule has 0 spiro atoms. The molecule has 7 heteroatoms. The van der Waals surface area contributed by atoms with Gasteiger partial charge in [-0.25, -0.2) is 0 Å². The summed E-state index contributed by atoms with van der Waals surface area (Å²) in [7, 11) is 0. The summed E-state index contributed by atoms with van der Waals surface area (Å²) in [5.74, 6) is 0.240. The highest BCUT2D eigenvalue weighted by Crippen LogP contribution is 2.30. The van der Waals surface area contributed by atoms with Gasteiger partial charge in [0.15, 0.2) is 0 Å². The van der Waals surface area contributed by atoms with Crippen molar-refractivity contribution in [2.24, 2.45) is 0 Å². The molecule has 0 unspecified atom stereocenters. The lowest BCUT2D eigenvalue weighted by atomic mass is 10.2. The molecule has 0 fully saturated rings. The summed E-state index contributed by atoms with van der Waals surface area (Å²) in [4.78, 5) is 10.5. The Balaban J connectivity index is 2.44. The van der Waals surface area contributed by atoms with Gasteiger partial charge in [-0.15, -0.1) is 0 Å². The third-order valence-electron chi connectivity index (χ3n) is 1.70. The predicted octanol–water partition coefficient (Wildman–Crippen LogP) is 3.89. The molecule has 94 valence electrons. The number of halogens is 4. The summed E-state index contributed by atoms with van der Waals surface area (Å²) < 4.78 is 41.1. The van der Waals surface area contributed by atoms with Crippen LogP contribution in [0.1, 0.15) is 10.4 Å². The molecule has 2 nitrogen and oxygen atoms in total. The maximum Gasteiger partial charge on any atom is 0.441 e. The number of ether oxygens (including phenoxy) is 1. The van der Waals surface area contributed by atoms with Gasteiger partial charge >= 0.3 is 5.51 Å². The predicted molar refractivity (Wildman–Crippen MR) is 63.5 cm³/mol. The number of hydrogen-bond donors (Lipinski definition) is 0. The molecule has 0 amide bonds. The number of hydrogen-bond acceptors (Lipinski definition) is 3. The molecule has 0 bridgehead atoms. The van der Waals surface area contributed by atoms with Crippen molar-refractivity contribution in [3.05, 3.63) is 28.2 Å². The number of rotatable bonds is 5. The molecule has 0 saturated carbocycles. The molecule has 17 heavy (non-hydrogen) atoms. The van der Waals surface area contributed by atoms with E-state index in [4.69, 9.17) is 4.74 Å². The van der Waals surface area contributed by atoms with E-state index in [2.05, 4.69) is 15.9 Å². The van der Waals surface area contributed by atoms with Gasteiger partial charge in [0.25, 0.3) is 0 Å². The lowest BCUT2D eigenvalue weighted by molar-refractivity contribution is -0.0329. The van der Waals surface area contributed by atoms with Gasteiger partial charge in [0.05, 0.1) is 11.1 Å². The Kier molecular flexibility index (Phi) is 5.32. The number of thioether (sulfide) groups is 1. The van der Waals surface area contributed by atoms with Crippen LogP contribution in [0, 0.1) is 0 Å². The van der Waals surface area contributed by atoms with Crippen molar-refractivity contribution in [1.29, 1.82) is 0 Å². The summed E-state index contributed by atoms with van der Waals surface area (Å²) in [5.41, 5.74) is -3.77. The minimum Gasteiger partial charge on any atom is -0.492 e. The second-order valence-electron chi connectivity index (χ2n) is 2.95. The van der Waals surface area contributed by atoms with Crippen molar-refractivity contribution >= 4 is 34.0 Å². The van der Waals surface area contributed by atoms with E-state index in [0.29, 0.717) is 22.1 Å². The molecule has 1 aromatic carbocycles. The first-order valence-corrected chi connectivity index (χ1v) is 6.28. The van der Waals surface area contributed by atoms with Crippen LogP contribution >= 0.6 is 27.7 Å². The summed E-state index contributed by atoms with van der Waals surface area (Å²) in [6.07, 6.45) is 0.675. The molecule has 0 aromatic heterocycles. The zero-order valence-corrected chi connectivity index (χ0v) is 10.9. The van der Waals surface area contributed by atoms with Crippen LogP contribution in [-0.2, 0) is 0 Å². The van der Waals surface area contributed by atoms with E-state index < -0.39 is 5.51 Å². The first-order valence-electron chi connectivity index (χ1n) is 4.50. The number of alkyl halides is 3. The first kappa shape index (κ1) is 14.4. The molecule has 1 rings (SSSR count). The Labute approximate surface area is 109 Å². The van der Waals surface area contributed by atoms with Crippen LogP contribution < -0.4 is 4.74 Å². The van der Waals surface area contributed by atoms with E-state index in [0.717, 1.165) is 0 Å². The molecular weight excluding hydrogens is 321 g/mol. The van der Waals surface area contributed by atoms with Gasteiger partial charge in [0, 0.05) is 11.3 Å². The second kappa shape index (κ2) is 6.30. The van der Waals surface area contributed by atoms with Crippen LogP contribution in [0.25, 0.3) is 0 Å². The average molecular weight is 329 g/mol. The zero-order valence-electron chi connectivity index (χ0n) is 8.46. The van der Waals surface area contributed by atoms with Crippen LogP contribution in [0.15, 0.2) is 22.7 Å². The van der Waals surface area contributed by atoms with Crippen LogP contribution in [0.4, 0.5) is 13.2 Å². The molecular formula is C10H8BrF3O2S. The highest BCUT2D eigenvalue weighted by Gasteiger charge is 2.27. The molecule has 1 aromatic rings. The fraction of sp³-hybridized carbons (Fsp3) is 0.300. The summed E-state index contributed by atoms with van der Waals surface area (Å²) in [6.45, 7) is -0.0524. The van der Waals surface area contributed by atoms with E-state index in [1.165, 1.54) is 12.1 Å². The standard InChI is InChI=1S/C10H8BrF3O2S/c11-8-5-7(6-15)1-2-9(8)16-3-4-17-10(12,13)14/h1-2,5-6H,3-4H2. The Hall–Kier alpha value is -0.690. The fourth-order valence-corrected chi connectivity index (χ4v) is 1.93. The van der Waals surface area contributed by atoms with Crippen molar-refractivity contribution in [3.63, 3.8) is 0 Å². The van der Waals surface area contributed by atoms with E-state index in [-0.39, 0.29) is 24.1 Å². The van der Waals surface area contributed by atoms with Gasteiger partial charge in [-0.1, -0.05) is 0 Å². The Bertz CT molecular complexity index is 396. The van der Waals surface area contributed by atoms with Crippen molar-refractivity contribution in [2.45, 2.75) is 5.51 Å². The molecule has 0 N–H and O–H groups in total. The lowest BCUT2D eigenvalue weighted by Crippen LogP contribution is -2.07. The Morgan fingerprint density at radius 1 is 1.41 bits per heavy atom. The molecule has 0 radical (unpaired) electrons. The summed E-state index contributed by atoms with van der Waals surface area (Å²) >= 11 is 3.04. The number of benzene rings is 1. The monoisotopic (exact) mass is 328 g/mol. The van der Waals surface area contributed by atoms with Gasteiger partial charge in [-0.2, -0.15) is 13.2 Å². The van der Waals surface area contributed by atoms with Crippen molar-refractivity contribution < 1.29 is 22.7 Å². The van der Waals surface area contributed by atoms with E-state index in [1.54, 1.807) is 6.07 Å². The number of aldehydes is 1. The number of carbonyl (C=O) groups is 1. The third kappa shape index (κ3) is 5.45. The lowest BCUT2D eigenvalue weighted by Gasteiger charge is -2.09. The maximum absolute atomic E-state index is 11.8. The van der Waals surface area contributed by atoms with Crippen LogP contribution in [0.5, 0.6) is 5.75 Å². The zero-order chi connectivity index (χ0) is 12.9.